The number of aliphatic hydroxyl groups is 1. The Balaban J connectivity index is 2.89. The summed E-state index contributed by atoms with van der Waals surface area (Å²) in [6, 6.07) is 0.291. The summed E-state index contributed by atoms with van der Waals surface area (Å²) in [5.41, 5.74) is -0.923. The first-order chi connectivity index (χ1) is 7.81. The molecule has 0 aromatic heterocycles. The van der Waals surface area contributed by atoms with E-state index >= 15 is 0 Å². The molecule has 0 spiro atoms. The van der Waals surface area contributed by atoms with Crippen molar-refractivity contribution in [3.05, 3.63) is 0 Å². The van der Waals surface area contributed by atoms with Gasteiger partial charge in [0, 0.05) is 12.6 Å². The number of ether oxygens (including phenoxy) is 1. The van der Waals surface area contributed by atoms with Gasteiger partial charge in [-0.3, -0.25) is 4.79 Å². The summed E-state index contributed by atoms with van der Waals surface area (Å²) in [6.45, 7) is 6.82. The number of rotatable bonds is 3. The molecule has 1 fully saturated rings. The second-order valence-corrected chi connectivity index (χ2v) is 5.63. The maximum absolute atomic E-state index is 11.9. The van der Waals surface area contributed by atoms with Crippen LogP contribution in [0.25, 0.3) is 0 Å². The van der Waals surface area contributed by atoms with Crippen molar-refractivity contribution in [1.82, 2.24) is 4.90 Å². The summed E-state index contributed by atoms with van der Waals surface area (Å²) in [4.78, 5) is 14.1. The first-order valence-corrected chi connectivity index (χ1v) is 6.32. The van der Waals surface area contributed by atoms with Crippen molar-refractivity contribution in [1.29, 1.82) is 0 Å². The molecule has 1 N–H and O–H groups in total. The van der Waals surface area contributed by atoms with E-state index in [1.807, 2.05) is 20.9 Å². The molecule has 4 nitrogen and oxygen atoms in total. The molecule has 0 aromatic carbocycles. The quantitative estimate of drug-likeness (QED) is 0.759. The van der Waals surface area contributed by atoms with Gasteiger partial charge in [-0.15, -0.1) is 0 Å². The lowest BCUT2D eigenvalue weighted by molar-refractivity contribution is -0.165. The highest BCUT2D eigenvalue weighted by molar-refractivity contribution is 5.74. The maximum Gasteiger partial charge on any atom is 0.311 e. The molecule has 1 rings (SSSR count). The Morgan fingerprint density at radius 1 is 1.53 bits per heavy atom. The summed E-state index contributed by atoms with van der Waals surface area (Å²) in [7, 11) is 3.44. The molecule has 0 saturated carbocycles. The largest absolute Gasteiger partial charge is 0.469 e. The smallest absolute Gasteiger partial charge is 0.311 e. The number of methoxy groups -OCH3 is 1. The molecule has 0 aromatic rings. The number of esters is 1. The van der Waals surface area contributed by atoms with Crippen LogP contribution in [0, 0.1) is 11.8 Å². The van der Waals surface area contributed by atoms with Crippen LogP contribution in [-0.2, 0) is 9.53 Å². The van der Waals surface area contributed by atoms with Crippen molar-refractivity contribution in [3.63, 3.8) is 0 Å². The lowest BCUT2D eigenvalue weighted by Gasteiger charge is -2.45. The third kappa shape index (κ3) is 2.99. The van der Waals surface area contributed by atoms with Crippen molar-refractivity contribution < 1.29 is 14.6 Å². The minimum absolute atomic E-state index is 0.0862. The minimum Gasteiger partial charge on any atom is -0.469 e. The van der Waals surface area contributed by atoms with Crippen LogP contribution in [0.5, 0.6) is 0 Å². The zero-order chi connectivity index (χ0) is 13.2. The minimum atomic E-state index is -0.923. The molecule has 17 heavy (non-hydrogen) atoms. The lowest BCUT2D eigenvalue weighted by atomic mass is 9.72. The van der Waals surface area contributed by atoms with Gasteiger partial charge in [-0.2, -0.15) is 0 Å². The Labute approximate surface area is 104 Å². The molecule has 0 aliphatic carbocycles. The second-order valence-electron chi connectivity index (χ2n) is 5.63. The van der Waals surface area contributed by atoms with Crippen LogP contribution in [0.1, 0.15) is 33.6 Å². The lowest BCUT2D eigenvalue weighted by Crippen LogP contribution is -2.55. The van der Waals surface area contributed by atoms with E-state index in [9.17, 15) is 9.90 Å². The number of nitrogens with zero attached hydrogens (tertiary/aromatic N) is 1. The van der Waals surface area contributed by atoms with Crippen LogP contribution in [0.3, 0.4) is 0 Å². The standard InChI is InChI=1S/C13H25NO3/c1-9(2)11(12(15)17-5)13(16)6-7-14(4)10(3)8-13/h9-11,16H,6-8H2,1-5H3. The normalized spacial score (nSPS) is 32.5. The van der Waals surface area contributed by atoms with Crippen molar-refractivity contribution in [3.8, 4) is 0 Å². The fourth-order valence-corrected chi connectivity index (χ4v) is 2.88. The average molecular weight is 243 g/mol. The van der Waals surface area contributed by atoms with Gasteiger partial charge in [0.2, 0.25) is 0 Å². The number of carbonyl (C=O) groups is 1. The predicted octanol–water partition coefficient (Wildman–Crippen LogP) is 1.28. The molecular formula is C13H25NO3. The van der Waals surface area contributed by atoms with Crippen LogP contribution in [-0.4, -0.2) is 48.3 Å². The van der Waals surface area contributed by atoms with Crippen LogP contribution in [0.15, 0.2) is 0 Å². The zero-order valence-corrected chi connectivity index (χ0v) is 11.6. The summed E-state index contributed by atoms with van der Waals surface area (Å²) in [5, 5.41) is 10.8. The monoisotopic (exact) mass is 243 g/mol. The second kappa shape index (κ2) is 5.36. The van der Waals surface area contributed by atoms with Gasteiger partial charge in [-0.1, -0.05) is 13.8 Å². The Kier molecular flexibility index (Phi) is 4.55. The fraction of sp³-hybridized carbons (Fsp3) is 0.923. The van der Waals surface area contributed by atoms with Crippen LogP contribution >= 0.6 is 0 Å². The maximum atomic E-state index is 11.9. The van der Waals surface area contributed by atoms with Crippen LogP contribution in [0.4, 0.5) is 0 Å². The Hall–Kier alpha value is -0.610. The van der Waals surface area contributed by atoms with Gasteiger partial charge in [0.15, 0.2) is 0 Å². The van der Waals surface area contributed by atoms with Gasteiger partial charge in [-0.05, 0) is 32.7 Å². The van der Waals surface area contributed by atoms with Gasteiger partial charge in [0.05, 0.1) is 18.6 Å². The first-order valence-electron chi connectivity index (χ1n) is 6.32. The van der Waals surface area contributed by atoms with Crippen molar-refractivity contribution >= 4 is 5.97 Å². The predicted molar refractivity (Wildman–Crippen MR) is 66.6 cm³/mol. The van der Waals surface area contributed by atoms with Crippen LogP contribution < -0.4 is 0 Å². The average Bonchev–Trinajstić information content (AvgIpc) is 2.23. The summed E-state index contributed by atoms with van der Waals surface area (Å²) in [5.74, 6) is -0.633. The van der Waals surface area contributed by atoms with Gasteiger partial charge in [-0.25, -0.2) is 0 Å². The number of hydrogen-bond acceptors (Lipinski definition) is 4. The molecule has 3 atom stereocenters. The van der Waals surface area contributed by atoms with Crippen molar-refractivity contribution in [2.75, 3.05) is 20.7 Å². The zero-order valence-electron chi connectivity index (χ0n) is 11.6. The third-order valence-corrected chi connectivity index (χ3v) is 4.00. The molecule has 1 saturated heterocycles. The summed E-state index contributed by atoms with van der Waals surface area (Å²) >= 11 is 0. The van der Waals surface area contributed by atoms with E-state index in [2.05, 4.69) is 11.8 Å². The van der Waals surface area contributed by atoms with Crippen molar-refractivity contribution in [2.45, 2.75) is 45.3 Å². The number of carbonyl (C=O) groups excluding carboxylic acids is 1. The Morgan fingerprint density at radius 2 is 2.12 bits per heavy atom. The van der Waals surface area contributed by atoms with Gasteiger partial charge >= 0.3 is 5.97 Å². The van der Waals surface area contributed by atoms with E-state index < -0.39 is 11.5 Å². The van der Waals surface area contributed by atoms with Gasteiger partial charge in [0.25, 0.3) is 0 Å². The molecule has 3 unspecified atom stereocenters. The van der Waals surface area contributed by atoms with E-state index in [0.29, 0.717) is 18.9 Å². The molecule has 100 valence electrons. The third-order valence-electron chi connectivity index (χ3n) is 4.00. The summed E-state index contributed by atoms with van der Waals surface area (Å²) < 4.78 is 4.84. The highest BCUT2D eigenvalue weighted by atomic mass is 16.5. The van der Waals surface area contributed by atoms with E-state index in [4.69, 9.17) is 4.74 Å². The highest BCUT2D eigenvalue weighted by Gasteiger charge is 2.47. The SMILES string of the molecule is COC(=O)C(C(C)C)C1(O)CCN(C)C(C)C1. The fourth-order valence-electron chi connectivity index (χ4n) is 2.88. The topological polar surface area (TPSA) is 49.8 Å². The molecule has 1 aliphatic heterocycles. The Bertz CT molecular complexity index is 280. The molecule has 4 heteroatoms. The van der Waals surface area contributed by atoms with E-state index in [1.165, 1.54) is 7.11 Å². The first kappa shape index (κ1) is 14.5. The van der Waals surface area contributed by atoms with Crippen LogP contribution in [0.2, 0.25) is 0 Å². The molecule has 1 heterocycles. The molecule has 1 aliphatic rings. The molecule has 0 radical (unpaired) electrons. The van der Waals surface area contributed by atoms with E-state index in [1.54, 1.807) is 0 Å². The van der Waals surface area contributed by atoms with Gasteiger partial charge < -0.3 is 14.7 Å². The van der Waals surface area contributed by atoms with E-state index in [-0.39, 0.29) is 11.9 Å². The molecular weight excluding hydrogens is 218 g/mol. The Morgan fingerprint density at radius 3 is 2.53 bits per heavy atom. The van der Waals surface area contributed by atoms with Gasteiger partial charge in [0.1, 0.15) is 0 Å². The number of piperidine rings is 1. The summed E-state index contributed by atoms with van der Waals surface area (Å²) in [6.07, 6.45) is 1.26. The number of likely N-dealkylation sites (tertiary alicyclic amines) is 1. The molecule has 0 amide bonds. The highest BCUT2D eigenvalue weighted by Crippen LogP contribution is 2.37. The number of hydrogen-bond donors (Lipinski definition) is 1. The van der Waals surface area contributed by atoms with E-state index in [0.717, 1.165) is 6.54 Å². The van der Waals surface area contributed by atoms with Crippen molar-refractivity contribution in [2.24, 2.45) is 11.8 Å². The molecule has 0 bridgehead atoms.